The Morgan fingerprint density at radius 1 is 1.22 bits per heavy atom. The first kappa shape index (κ1) is 21.9. The summed E-state index contributed by atoms with van der Waals surface area (Å²) in [4.78, 5) is 31.6. The van der Waals surface area contributed by atoms with Gasteiger partial charge in [0.25, 0.3) is 11.4 Å². The summed E-state index contributed by atoms with van der Waals surface area (Å²) >= 11 is 0. The fraction of sp³-hybridized carbons (Fsp3) is 0.292. The summed E-state index contributed by atoms with van der Waals surface area (Å²) in [6.07, 6.45) is 6.87. The molecule has 1 fully saturated rings. The quantitative estimate of drug-likeness (QED) is 0.367. The van der Waals surface area contributed by atoms with E-state index in [1.165, 1.54) is 6.33 Å². The van der Waals surface area contributed by atoms with Crippen LogP contribution in [0.25, 0.3) is 33.5 Å². The van der Waals surface area contributed by atoms with Crippen molar-refractivity contribution in [3.05, 3.63) is 58.9 Å². The van der Waals surface area contributed by atoms with Crippen molar-refractivity contribution in [2.75, 3.05) is 11.1 Å². The van der Waals surface area contributed by atoms with Crippen molar-refractivity contribution in [3.8, 4) is 22.6 Å². The van der Waals surface area contributed by atoms with Crippen LogP contribution in [0.2, 0.25) is 0 Å². The average Bonchev–Trinajstić information content (AvgIpc) is 3.45. The van der Waals surface area contributed by atoms with Crippen LogP contribution in [0.3, 0.4) is 0 Å². The molecule has 1 atom stereocenters. The van der Waals surface area contributed by atoms with Gasteiger partial charge in [-0.3, -0.25) is 14.0 Å². The SMILES string of the molecule is Cc1noc(-c2c(N)ncnc2NC(C)c2nc3cccc(-c4cnn(C)c4)c3c(=O)n2C2CC2)n1. The van der Waals surface area contributed by atoms with Crippen LogP contribution in [0.15, 0.2) is 46.2 Å². The van der Waals surface area contributed by atoms with E-state index in [9.17, 15) is 4.79 Å². The van der Waals surface area contributed by atoms with E-state index in [0.29, 0.717) is 33.9 Å². The highest BCUT2D eigenvalue weighted by molar-refractivity contribution is 5.93. The van der Waals surface area contributed by atoms with Gasteiger partial charge in [-0.25, -0.2) is 15.0 Å². The Morgan fingerprint density at radius 3 is 2.75 bits per heavy atom. The van der Waals surface area contributed by atoms with Crippen LogP contribution in [-0.2, 0) is 7.05 Å². The second-order valence-corrected chi connectivity index (χ2v) is 8.97. The maximum Gasteiger partial charge on any atom is 0.265 e. The van der Waals surface area contributed by atoms with E-state index < -0.39 is 0 Å². The number of benzene rings is 1. The van der Waals surface area contributed by atoms with Crippen LogP contribution in [0.4, 0.5) is 11.6 Å². The zero-order chi connectivity index (χ0) is 25.0. The lowest BCUT2D eigenvalue weighted by Crippen LogP contribution is -2.28. The molecule has 1 unspecified atom stereocenters. The number of hydrogen-bond donors (Lipinski definition) is 2. The zero-order valence-electron chi connectivity index (χ0n) is 20.0. The third-order valence-corrected chi connectivity index (χ3v) is 6.24. The van der Waals surface area contributed by atoms with Gasteiger partial charge in [0.2, 0.25) is 0 Å². The van der Waals surface area contributed by atoms with Crippen LogP contribution in [0.1, 0.15) is 43.5 Å². The Labute approximate surface area is 205 Å². The van der Waals surface area contributed by atoms with E-state index in [4.69, 9.17) is 15.2 Å². The number of nitrogens with two attached hydrogens (primary N) is 1. The number of aromatic nitrogens is 8. The van der Waals surface area contributed by atoms with Gasteiger partial charge in [-0.05, 0) is 38.3 Å². The highest BCUT2D eigenvalue weighted by Crippen LogP contribution is 2.38. The smallest absolute Gasteiger partial charge is 0.265 e. The summed E-state index contributed by atoms with van der Waals surface area (Å²) in [5.41, 5.74) is 8.79. The van der Waals surface area contributed by atoms with Crippen LogP contribution < -0.4 is 16.6 Å². The first-order valence-electron chi connectivity index (χ1n) is 11.6. The largest absolute Gasteiger partial charge is 0.383 e. The van der Waals surface area contributed by atoms with Gasteiger partial charge in [0, 0.05) is 24.8 Å². The van der Waals surface area contributed by atoms with E-state index in [2.05, 4.69) is 30.5 Å². The minimum atomic E-state index is -0.387. The van der Waals surface area contributed by atoms with Crippen molar-refractivity contribution in [3.63, 3.8) is 0 Å². The molecule has 3 N–H and O–H groups in total. The maximum atomic E-state index is 13.9. The molecular formula is C24H24N10O2. The monoisotopic (exact) mass is 484 g/mol. The van der Waals surface area contributed by atoms with E-state index >= 15 is 0 Å². The Bertz CT molecular complexity index is 1660. The number of fused-ring (bicyclic) bond motifs is 1. The normalized spacial score (nSPS) is 14.3. The van der Waals surface area contributed by atoms with Crippen molar-refractivity contribution in [1.29, 1.82) is 0 Å². The molecule has 6 rings (SSSR count). The summed E-state index contributed by atoms with van der Waals surface area (Å²) in [6.45, 7) is 3.65. The van der Waals surface area contributed by atoms with E-state index in [0.717, 1.165) is 24.0 Å². The molecule has 0 aliphatic heterocycles. The molecule has 1 aromatic carbocycles. The van der Waals surface area contributed by atoms with Crippen LogP contribution >= 0.6 is 0 Å². The number of nitrogen functional groups attached to an aromatic ring is 1. The lowest BCUT2D eigenvalue weighted by atomic mass is 10.0. The molecule has 36 heavy (non-hydrogen) atoms. The lowest BCUT2D eigenvalue weighted by molar-refractivity contribution is 0.425. The highest BCUT2D eigenvalue weighted by atomic mass is 16.5. The number of nitrogens with one attached hydrogen (secondary N) is 1. The van der Waals surface area contributed by atoms with Crippen molar-refractivity contribution < 1.29 is 4.52 Å². The van der Waals surface area contributed by atoms with Crippen molar-refractivity contribution in [2.45, 2.75) is 38.8 Å². The second-order valence-electron chi connectivity index (χ2n) is 8.97. The maximum absolute atomic E-state index is 13.9. The van der Waals surface area contributed by atoms with E-state index in [1.807, 2.05) is 38.4 Å². The minimum Gasteiger partial charge on any atom is -0.383 e. The Kier molecular flexibility index (Phi) is 5.02. The highest BCUT2D eigenvalue weighted by Gasteiger charge is 2.31. The fourth-order valence-electron chi connectivity index (χ4n) is 4.44. The first-order chi connectivity index (χ1) is 17.4. The van der Waals surface area contributed by atoms with Gasteiger partial charge in [0.1, 0.15) is 29.4 Å². The average molecular weight is 485 g/mol. The summed E-state index contributed by atoms with van der Waals surface area (Å²) < 4.78 is 8.85. The van der Waals surface area contributed by atoms with Crippen LogP contribution in [0, 0.1) is 6.92 Å². The fourth-order valence-corrected chi connectivity index (χ4v) is 4.44. The minimum absolute atomic E-state index is 0.0689. The van der Waals surface area contributed by atoms with Gasteiger partial charge < -0.3 is 15.6 Å². The molecule has 0 radical (unpaired) electrons. The first-order valence-corrected chi connectivity index (χ1v) is 11.6. The van der Waals surface area contributed by atoms with Gasteiger partial charge >= 0.3 is 0 Å². The van der Waals surface area contributed by atoms with Gasteiger partial charge in [0.05, 0.1) is 23.1 Å². The molecule has 4 aromatic heterocycles. The molecule has 12 heteroatoms. The third-order valence-electron chi connectivity index (χ3n) is 6.24. The van der Waals surface area contributed by atoms with E-state index in [1.54, 1.807) is 22.4 Å². The molecule has 0 bridgehead atoms. The summed E-state index contributed by atoms with van der Waals surface area (Å²) in [5.74, 6) is 1.92. The number of hydrogen-bond acceptors (Lipinski definition) is 10. The lowest BCUT2D eigenvalue weighted by Gasteiger charge is -2.21. The van der Waals surface area contributed by atoms with Gasteiger partial charge in [-0.15, -0.1) is 0 Å². The molecule has 1 aliphatic carbocycles. The topological polar surface area (TPSA) is 155 Å². The van der Waals surface area contributed by atoms with Crippen LogP contribution in [0.5, 0.6) is 0 Å². The molecular weight excluding hydrogens is 460 g/mol. The standard InChI is InChI=1S/C24H24N10O2/c1-12(29-21-19(20(25)26-11-27-21)23-30-13(2)32-36-23)22-31-17-6-4-5-16(14-9-28-33(3)10-14)18(17)24(35)34(22)15-7-8-15/h4-6,9-12,15H,7-8H2,1-3H3,(H3,25,26,27,29). The number of rotatable bonds is 6. The predicted octanol–water partition coefficient (Wildman–Crippen LogP) is 3.04. The summed E-state index contributed by atoms with van der Waals surface area (Å²) in [7, 11) is 1.85. The number of anilines is 2. The molecule has 1 saturated carbocycles. The predicted molar refractivity (Wildman–Crippen MR) is 133 cm³/mol. The molecule has 4 heterocycles. The molecule has 182 valence electrons. The summed E-state index contributed by atoms with van der Waals surface area (Å²) in [6, 6.07) is 5.41. The third kappa shape index (κ3) is 3.67. The van der Waals surface area contributed by atoms with Crippen LogP contribution in [-0.4, -0.2) is 39.4 Å². The van der Waals surface area contributed by atoms with Gasteiger partial charge in [0.15, 0.2) is 5.82 Å². The molecule has 1 aliphatic rings. The Morgan fingerprint density at radius 2 is 2.06 bits per heavy atom. The van der Waals surface area contributed by atoms with Crippen molar-refractivity contribution >= 4 is 22.5 Å². The zero-order valence-corrected chi connectivity index (χ0v) is 20.0. The molecule has 0 amide bonds. The van der Waals surface area contributed by atoms with Gasteiger partial charge in [-0.2, -0.15) is 10.1 Å². The van der Waals surface area contributed by atoms with Gasteiger partial charge in [-0.1, -0.05) is 17.3 Å². The van der Waals surface area contributed by atoms with Crippen molar-refractivity contribution in [2.24, 2.45) is 7.05 Å². The van der Waals surface area contributed by atoms with E-state index in [-0.39, 0.29) is 29.4 Å². The Hall–Kier alpha value is -4.61. The number of aryl methyl sites for hydroxylation is 2. The van der Waals surface area contributed by atoms with Crippen molar-refractivity contribution in [1.82, 2.24) is 39.4 Å². The Balaban J connectivity index is 1.47. The molecule has 5 aromatic rings. The molecule has 0 spiro atoms. The molecule has 12 nitrogen and oxygen atoms in total. The second kappa shape index (κ2) is 8.26. The number of nitrogens with zero attached hydrogens (tertiary/aromatic N) is 8. The summed E-state index contributed by atoms with van der Waals surface area (Å²) in [5, 5.41) is 12.1. The molecule has 0 saturated heterocycles.